The molecule has 2 heterocycles. The molecule has 102 valence electrons. The number of fused-ring (bicyclic) bond motifs is 1. The molecule has 6 heteroatoms. The Kier molecular flexibility index (Phi) is 3.02. The lowest BCUT2D eigenvalue weighted by Crippen LogP contribution is -2.11. The third kappa shape index (κ3) is 2.08. The molecule has 0 aliphatic carbocycles. The molecule has 1 aliphatic heterocycles. The topological polar surface area (TPSA) is 71.4 Å². The number of hydrogen-bond acceptors (Lipinski definition) is 4. The van der Waals surface area contributed by atoms with Crippen LogP contribution in [0.4, 0.5) is 5.69 Å². The number of nitrogens with zero attached hydrogens (tertiary/aromatic N) is 2. The van der Waals surface area contributed by atoms with Gasteiger partial charge in [0.05, 0.1) is 5.69 Å². The molecule has 0 saturated heterocycles. The van der Waals surface area contributed by atoms with Crippen molar-refractivity contribution in [2.24, 2.45) is 4.40 Å². The Hall–Kier alpha value is -2.21. The maximum atomic E-state index is 12.0. The Morgan fingerprint density at radius 1 is 1.25 bits per heavy atom. The van der Waals surface area contributed by atoms with Crippen molar-refractivity contribution in [2.45, 2.75) is 18.2 Å². The lowest BCUT2D eigenvalue weighted by Gasteiger charge is -2.14. The van der Waals surface area contributed by atoms with Crippen LogP contribution in [0, 0.1) is 0 Å². The summed E-state index contributed by atoms with van der Waals surface area (Å²) in [6.07, 6.45) is 3.72. The SMILES string of the molecule is CCc1ncccc1-c1ccc2c(c1)S(=O)(=O)N=CN2. The van der Waals surface area contributed by atoms with Crippen LogP contribution in [0.25, 0.3) is 11.1 Å². The number of aryl methyl sites for hydroxylation is 1. The van der Waals surface area contributed by atoms with E-state index < -0.39 is 10.0 Å². The maximum Gasteiger partial charge on any atom is 0.285 e. The van der Waals surface area contributed by atoms with Crippen LogP contribution in [-0.2, 0) is 16.4 Å². The molecule has 5 nitrogen and oxygen atoms in total. The van der Waals surface area contributed by atoms with Gasteiger partial charge in [-0.2, -0.15) is 8.42 Å². The normalized spacial score (nSPS) is 15.4. The Labute approximate surface area is 117 Å². The summed E-state index contributed by atoms with van der Waals surface area (Å²) in [4.78, 5) is 4.52. The zero-order valence-electron chi connectivity index (χ0n) is 10.9. The van der Waals surface area contributed by atoms with Gasteiger partial charge in [-0.05, 0) is 30.2 Å². The van der Waals surface area contributed by atoms with Crippen LogP contribution >= 0.6 is 0 Å². The van der Waals surface area contributed by atoms with Gasteiger partial charge in [0.1, 0.15) is 11.2 Å². The van der Waals surface area contributed by atoms with E-state index in [-0.39, 0.29) is 4.90 Å². The first-order valence-electron chi connectivity index (χ1n) is 6.25. The molecule has 0 amide bonds. The number of pyridine rings is 1. The molecule has 0 radical (unpaired) electrons. The molecule has 0 spiro atoms. The smallest absolute Gasteiger partial charge is 0.285 e. The summed E-state index contributed by atoms with van der Waals surface area (Å²) in [5, 5.41) is 2.84. The summed E-state index contributed by atoms with van der Waals surface area (Å²) < 4.78 is 27.4. The van der Waals surface area contributed by atoms with E-state index in [1.807, 2.05) is 25.1 Å². The Morgan fingerprint density at radius 2 is 2.10 bits per heavy atom. The molecule has 1 aromatic heterocycles. The van der Waals surface area contributed by atoms with Crippen molar-refractivity contribution < 1.29 is 8.42 Å². The van der Waals surface area contributed by atoms with E-state index in [0.29, 0.717) is 5.69 Å². The van der Waals surface area contributed by atoms with E-state index >= 15 is 0 Å². The number of aromatic nitrogens is 1. The number of benzene rings is 1. The molecule has 0 unspecified atom stereocenters. The molecule has 0 atom stereocenters. The summed E-state index contributed by atoms with van der Waals surface area (Å²) in [5.41, 5.74) is 3.27. The van der Waals surface area contributed by atoms with Crippen molar-refractivity contribution in [1.82, 2.24) is 4.98 Å². The van der Waals surface area contributed by atoms with Crippen molar-refractivity contribution in [2.75, 3.05) is 5.32 Å². The van der Waals surface area contributed by atoms with Gasteiger partial charge in [-0.3, -0.25) is 4.98 Å². The average molecular weight is 287 g/mol. The highest BCUT2D eigenvalue weighted by molar-refractivity contribution is 7.90. The van der Waals surface area contributed by atoms with Crippen LogP contribution < -0.4 is 5.32 Å². The van der Waals surface area contributed by atoms with Gasteiger partial charge in [-0.15, -0.1) is 4.40 Å². The molecule has 2 aromatic rings. The Morgan fingerprint density at radius 3 is 2.90 bits per heavy atom. The summed E-state index contributed by atoms with van der Waals surface area (Å²) in [6, 6.07) is 9.07. The molecule has 3 rings (SSSR count). The van der Waals surface area contributed by atoms with E-state index in [2.05, 4.69) is 14.7 Å². The fourth-order valence-corrected chi connectivity index (χ4v) is 3.21. The number of anilines is 1. The first-order chi connectivity index (χ1) is 9.62. The van der Waals surface area contributed by atoms with Gasteiger partial charge >= 0.3 is 0 Å². The van der Waals surface area contributed by atoms with Gasteiger partial charge in [0.25, 0.3) is 10.0 Å². The Balaban J connectivity index is 2.19. The lowest BCUT2D eigenvalue weighted by molar-refractivity contribution is 0.598. The highest BCUT2D eigenvalue weighted by Gasteiger charge is 2.21. The summed E-state index contributed by atoms with van der Waals surface area (Å²) in [7, 11) is -3.61. The Bertz CT molecular complexity index is 798. The van der Waals surface area contributed by atoms with E-state index in [4.69, 9.17) is 0 Å². The van der Waals surface area contributed by atoms with Crippen molar-refractivity contribution in [3.63, 3.8) is 0 Å². The van der Waals surface area contributed by atoms with Crippen LogP contribution in [0.5, 0.6) is 0 Å². The van der Waals surface area contributed by atoms with Crippen molar-refractivity contribution in [1.29, 1.82) is 0 Å². The fraction of sp³-hybridized carbons (Fsp3) is 0.143. The van der Waals surface area contributed by atoms with E-state index in [1.54, 1.807) is 18.3 Å². The van der Waals surface area contributed by atoms with Crippen molar-refractivity contribution in [3.05, 3.63) is 42.2 Å². The van der Waals surface area contributed by atoms with Crippen LogP contribution in [0.2, 0.25) is 0 Å². The summed E-state index contributed by atoms with van der Waals surface area (Å²) in [6.45, 7) is 2.02. The minimum Gasteiger partial charge on any atom is -0.345 e. The predicted molar refractivity (Wildman–Crippen MR) is 78.4 cm³/mol. The molecule has 20 heavy (non-hydrogen) atoms. The van der Waals surface area contributed by atoms with Gasteiger partial charge in [0, 0.05) is 17.5 Å². The van der Waals surface area contributed by atoms with E-state index in [0.717, 1.165) is 23.2 Å². The van der Waals surface area contributed by atoms with Gasteiger partial charge in [-0.25, -0.2) is 0 Å². The second kappa shape index (κ2) is 4.72. The number of sulfonamides is 1. The first kappa shape index (κ1) is 12.8. The quantitative estimate of drug-likeness (QED) is 0.921. The third-order valence-electron chi connectivity index (χ3n) is 3.21. The van der Waals surface area contributed by atoms with Gasteiger partial charge in [-0.1, -0.05) is 19.1 Å². The minimum atomic E-state index is -3.61. The molecular formula is C14H13N3O2S. The highest BCUT2D eigenvalue weighted by Crippen LogP contribution is 2.32. The number of nitrogens with one attached hydrogen (secondary N) is 1. The van der Waals surface area contributed by atoms with Crippen LogP contribution in [-0.4, -0.2) is 19.7 Å². The van der Waals surface area contributed by atoms with Crippen LogP contribution in [0.3, 0.4) is 0 Å². The highest BCUT2D eigenvalue weighted by atomic mass is 32.2. The maximum absolute atomic E-state index is 12.0. The van der Waals surface area contributed by atoms with E-state index in [1.165, 1.54) is 6.34 Å². The average Bonchev–Trinajstić information content (AvgIpc) is 2.47. The van der Waals surface area contributed by atoms with E-state index in [9.17, 15) is 8.42 Å². The molecule has 1 N–H and O–H groups in total. The van der Waals surface area contributed by atoms with Crippen LogP contribution in [0.1, 0.15) is 12.6 Å². The zero-order valence-corrected chi connectivity index (χ0v) is 11.7. The monoisotopic (exact) mass is 287 g/mol. The first-order valence-corrected chi connectivity index (χ1v) is 7.69. The summed E-state index contributed by atoms with van der Waals surface area (Å²) >= 11 is 0. The molecule has 1 aromatic carbocycles. The van der Waals surface area contributed by atoms with Crippen molar-refractivity contribution >= 4 is 22.0 Å². The molecule has 0 bridgehead atoms. The number of rotatable bonds is 2. The molecule has 1 aliphatic rings. The molecule has 0 fully saturated rings. The third-order valence-corrected chi connectivity index (χ3v) is 4.48. The second-order valence-electron chi connectivity index (χ2n) is 4.42. The molecular weight excluding hydrogens is 274 g/mol. The number of hydrogen-bond donors (Lipinski definition) is 1. The second-order valence-corrected chi connectivity index (χ2v) is 6.02. The zero-order chi connectivity index (χ0) is 14.2. The fourth-order valence-electron chi connectivity index (χ4n) is 2.23. The standard InChI is InChI=1S/C14H13N3O2S/c1-2-12-11(4-3-7-15-12)10-5-6-13-14(8-10)20(18,19)17-9-16-13/h3-9H,2H2,1H3,(H,16,17). The summed E-state index contributed by atoms with van der Waals surface area (Å²) in [5.74, 6) is 0. The van der Waals surface area contributed by atoms with Gasteiger partial charge in [0.2, 0.25) is 0 Å². The minimum absolute atomic E-state index is 0.198. The van der Waals surface area contributed by atoms with Gasteiger partial charge < -0.3 is 5.32 Å². The van der Waals surface area contributed by atoms with Crippen molar-refractivity contribution in [3.8, 4) is 11.1 Å². The van der Waals surface area contributed by atoms with Gasteiger partial charge in [0.15, 0.2) is 0 Å². The largest absolute Gasteiger partial charge is 0.345 e. The lowest BCUT2D eigenvalue weighted by atomic mass is 10.0. The van der Waals surface area contributed by atoms with Crippen LogP contribution in [0.15, 0.2) is 45.8 Å². The molecule has 0 saturated carbocycles. The predicted octanol–water partition coefficient (Wildman–Crippen LogP) is 2.45.